The third-order valence-corrected chi connectivity index (χ3v) is 2.90. The molecule has 1 aromatic carbocycles. The number of carbonyl (C=O) groups is 1. The molecular weight excluding hydrogens is 220 g/mol. The molecule has 0 unspecified atom stereocenters. The van der Waals surface area contributed by atoms with E-state index in [1.54, 1.807) is 21.3 Å². The molecule has 0 radical (unpaired) electrons. The summed E-state index contributed by atoms with van der Waals surface area (Å²) in [6, 6.07) is 1.81. The van der Waals surface area contributed by atoms with Crippen LogP contribution in [0.15, 0.2) is 12.1 Å². The van der Waals surface area contributed by atoms with Crippen molar-refractivity contribution in [1.29, 1.82) is 0 Å². The minimum atomic E-state index is 0.564. The van der Waals surface area contributed by atoms with Gasteiger partial charge in [0.2, 0.25) is 5.75 Å². The van der Waals surface area contributed by atoms with Gasteiger partial charge in [-0.3, -0.25) is 4.79 Å². The molecule has 0 spiro atoms. The normalized spacial score (nSPS) is 12.8. The summed E-state index contributed by atoms with van der Waals surface area (Å²) in [5.74, 6) is 1.77. The summed E-state index contributed by atoms with van der Waals surface area (Å²) in [6.45, 7) is 0. The quantitative estimate of drug-likeness (QED) is 0.746. The highest BCUT2D eigenvalue weighted by Gasteiger charge is 2.24. The molecular formula is C13H14O4. The van der Waals surface area contributed by atoms with E-state index in [2.05, 4.69) is 0 Å². The molecule has 2 rings (SSSR count). The Labute approximate surface area is 99.8 Å². The minimum absolute atomic E-state index is 0.564. The van der Waals surface area contributed by atoms with Gasteiger partial charge < -0.3 is 14.2 Å². The summed E-state index contributed by atoms with van der Waals surface area (Å²) < 4.78 is 15.9. The van der Waals surface area contributed by atoms with Gasteiger partial charge in [-0.15, -0.1) is 0 Å². The highest BCUT2D eigenvalue weighted by atomic mass is 16.5. The summed E-state index contributed by atoms with van der Waals surface area (Å²) >= 11 is 0. The summed E-state index contributed by atoms with van der Waals surface area (Å²) in [6.07, 6.45) is 3.39. The fourth-order valence-electron chi connectivity index (χ4n) is 2.11. The molecule has 0 saturated carbocycles. The average molecular weight is 234 g/mol. The van der Waals surface area contributed by atoms with Crippen molar-refractivity contribution in [2.24, 2.45) is 0 Å². The molecule has 0 bridgehead atoms. The molecule has 0 N–H and O–H groups in total. The van der Waals surface area contributed by atoms with Crippen molar-refractivity contribution in [3.05, 3.63) is 23.3 Å². The number of fused-ring (bicyclic) bond motifs is 1. The highest BCUT2D eigenvalue weighted by molar-refractivity contribution is 6.09. The van der Waals surface area contributed by atoms with Gasteiger partial charge in [0.05, 0.1) is 21.3 Å². The lowest BCUT2D eigenvalue weighted by atomic mass is 10.0. The van der Waals surface area contributed by atoms with Gasteiger partial charge in [-0.2, -0.15) is 0 Å². The van der Waals surface area contributed by atoms with Crippen LogP contribution in [-0.4, -0.2) is 27.6 Å². The van der Waals surface area contributed by atoms with E-state index in [0.717, 1.165) is 17.4 Å². The number of ether oxygens (including phenoxy) is 3. The number of aldehydes is 1. The molecule has 1 aliphatic rings. The van der Waals surface area contributed by atoms with Gasteiger partial charge in [0.15, 0.2) is 11.5 Å². The first-order valence-corrected chi connectivity index (χ1v) is 5.24. The van der Waals surface area contributed by atoms with Crippen LogP contribution in [0.1, 0.15) is 11.1 Å². The lowest BCUT2D eigenvalue weighted by molar-refractivity contribution is -0.103. The molecule has 0 heterocycles. The largest absolute Gasteiger partial charge is 0.493 e. The highest BCUT2D eigenvalue weighted by Crippen LogP contribution is 2.45. The third kappa shape index (κ3) is 1.65. The van der Waals surface area contributed by atoms with Gasteiger partial charge in [-0.05, 0) is 18.1 Å². The zero-order valence-corrected chi connectivity index (χ0v) is 10.1. The maximum Gasteiger partial charge on any atom is 0.203 e. The average Bonchev–Trinajstić information content (AvgIpc) is 2.78. The molecule has 0 fully saturated rings. The Balaban J connectivity index is 2.67. The zero-order chi connectivity index (χ0) is 12.4. The van der Waals surface area contributed by atoms with Crippen LogP contribution in [0.5, 0.6) is 17.2 Å². The van der Waals surface area contributed by atoms with Crippen LogP contribution in [-0.2, 0) is 11.2 Å². The summed E-state index contributed by atoms with van der Waals surface area (Å²) in [5.41, 5.74) is 2.49. The van der Waals surface area contributed by atoms with Crippen molar-refractivity contribution in [3.63, 3.8) is 0 Å². The number of methoxy groups -OCH3 is 3. The van der Waals surface area contributed by atoms with Gasteiger partial charge in [-0.25, -0.2) is 0 Å². The van der Waals surface area contributed by atoms with Crippen LogP contribution >= 0.6 is 0 Å². The first kappa shape index (κ1) is 11.5. The van der Waals surface area contributed by atoms with E-state index in [4.69, 9.17) is 14.2 Å². The van der Waals surface area contributed by atoms with Gasteiger partial charge >= 0.3 is 0 Å². The number of carbonyl (C=O) groups excluding carboxylic acids is 1. The smallest absolute Gasteiger partial charge is 0.203 e. The van der Waals surface area contributed by atoms with Gasteiger partial charge in [0.1, 0.15) is 6.29 Å². The third-order valence-electron chi connectivity index (χ3n) is 2.90. The Morgan fingerprint density at radius 2 is 1.82 bits per heavy atom. The zero-order valence-electron chi connectivity index (χ0n) is 10.1. The number of allylic oxidation sites excluding steroid dienone is 2. The maximum absolute atomic E-state index is 10.9. The van der Waals surface area contributed by atoms with Crippen molar-refractivity contribution in [1.82, 2.24) is 0 Å². The number of rotatable bonds is 4. The van der Waals surface area contributed by atoms with Crippen LogP contribution in [0.25, 0.3) is 5.57 Å². The van der Waals surface area contributed by atoms with Crippen molar-refractivity contribution in [3.8, 4) is 17.2 Å². The minimum Gasteiger partial charge on any atom is -0.493 e. The van der Waals surface area contributed by atoms with Gasteiger partial charge in [0.25, 0.3) is 0 Å². The van der Waals surface area contributed by atoms with Crippen LogP contribution < -0.4 is 14.2 Å². The number of benzene rings is 1. The maximum atomic E-state index is 10.9. The predicted octanol–water partition coefficient (Wildman–Crippen LogP) is 1.85. The van der Waals surface area contributed by atoms with E-state index in [1.165, 1.54) is 0 Å². The van der Waals surface area contributed by atoms with Crippen LogP contribution in [0.2, 0.25) is 0 Å². The summed E-state index contributed by atoms with van der Waals surface area (Å²) in [4.78, 5) is 10.9. The second-order valence-corrected chi connectivity index (χ2v) is 3.65. The number of hydrogen-bond donors (Lipinski definition) is 0. The SMILES string of the molecule is COc1cc2c(c(OC)c1OC)CC=C2C=O. The first-order valence-electron chi connectivity index (χ1n) is 5.24. The molecule has 1 aliphatic carbocycles. The summed E-state index contributed by atoms with van der Waals surface area (Å²) in [7, 11) is 4.70. The standard InChI is InChI=1S/C13H14O4/c1-15-11-6-10-8(7-14)4-5-9(10)12(16-2)13(11)17-3/h4,6-7H,5H2,1-3H3. The molecule has 0 amide bonds. The van der Waals surface area contributed by atoms with Crippen LogP contribution in [0, 0.1) is 0 Å². The van der Waals surface area contributed by atoms with E-state index >= 15 is 0 Å². The van der Waals surface area contributed by atoms with Crippen molar-refractivity contribution < 1.29 is 19.0 Å². The lowest BCUT2D eigenvalue weighted by Gasteiger charge is -2.16. The Morgan fingerprint density at radius 1 is 1.12 bits per heavy atom. The summed E-state index contributed by atoms with van der Waals surface area (Å²) in [5, 5.41) is 0. The molecule has 90 valence electrons. The molecule has 0 saturated heterocycles. The Kier molecular flexibility index (Phi) is 3.04. The first-order chi connectivity index (χ1) is 8.26. The molecule has 0 aliphatic heterocycles. The second-order valence-electron chi connectivity index (χ2n) is 3.65. The second kappa shape index (κ2) is 4.49. The monoisotopic (exact) mass is 234 g/mol. The molecule has 1 aromatic rings. The molecule has 4 nitrogen and oxygen atoms in total. The fraction of sp³-hybridized carbons (Fsp3) is 0.308. The van der Waals surface area contributed by atoms with Gasteiger partial charge in [0, 0.05) is 11.1 Å². The van der Waals surface area contributed by atoms with E-state index < -0.39 is 0 Å². The van der Waals surface area contributed by atoms with Crippen molar-refractivity contribution in [2.75, 3.05) is 21.3 Å². The predicted molar refractivity (Wildman–Crippen MR) is 63.8 cm³/mol. The van der Waals surface area contributed by atoms with Gasteiger partial charge in [-0.1, -0.05) is 6.08 Å². The molecule has 0 atom stereocenters. The number of hydrogen-bond acceptors (Lipinski definition) is 4. The Morgan fingerprint density at radius 3 is 2.35 bits per heavy atom. The van der Waals surface area contributed by atoms with E-state index in [9.17, 15) is 4.79 Å². The lowest BCUT2D eigenvalue weighted by Crippen LogP contribution is -2.00. The van der Waals surface area contributed by atoms with E-state index in [0.29, 0.717) is 29.2 Å². The topological polar surface area (TPSA) is 44.8 Å². The van der Waals surface area contributed by atoms with E-state index in [1.807, 2.05) is 12.1 Å². The van der Waals surface area contributed by atoms with Crippen LogP contribution in [0.4, 0.5) is 0 Å². The fourth-order valence-corrected chi connectivity index (χ4v) is 2.11. The molecule has 0 aromatic heterocycles. The Hall–Kier alpha value is -1.97. The van der Waals surface area contributed by atoms with Crippen molar-refractivity contribution in [2.45, 2.75) is 6.42 Å². The van der Waals surface area contributed by atoms with E-state index in [-0.39, 0.29) is 0 Å². The molecule has 4 heteroatoms. The van der Waals surface area contributed by atoms with Crippen molar-refractivity contribution >= 4 is 11.9 Å². The Bertz CT molecular complexity index is 489. The molecule has 17 heavy (non-hydrogen) atoms. The van der Waals surface area contributed by atoms with Crippen LogP contribution in [0.3, 0.4) is 0 Å².